The molecule has 0 unspecified atom stereocenters. The molecule has 124 valence electrons. The maximum Gasteiger partial charge on any atom is 0.337 e. The van der Waals surface area contributed by atoms with E-state index in [0.717, 1.165) is 0 Å². The molecule has 0 bridgehead atoms. The zero-order valence-electron chi connectivity index (χ0n) is 12.8. The molecule has 0 fully saturated rings. The van der Waals surface area contributed by atoms with Crippen LogP contribution >= 0.6 is 11.6 Å². The number of anilines is 1. The van der Waals surface area contributed by atoms with Crippen molar-refractivity contribution < 1.29 is 19.1 Å². The lowest BCUT2D eigenvalue weighted by molar-refractivity contribution is -0.115. The normalized spacial score (nSPS) is 9.92. The summed E-state index contributed by atoms with van der Waals surface area (Å²) in [4.78, 5) is 35.3. The molecule has 0 radical (unpaired) electrons. The number of ether oxygens (including phenoxy) is 1. The van der Waals surface area contributed by atoms with Crippen molar-refractivity contribution in [2.75, 3.05) is 19.0 Å². The van der Waals surface area contributed by atoms with Crippen molar-refractivity contribution in [1.29, 1.82) is 0 Å². The van der Waals surface area contributed by atoms with E-state index in [1.807, 2.05) is 0 Å². The fraction of sp³-hybridized carbons (Fsp3) is 0.118. The summed E-state index contributed by atoms with van der Waals surface area (Å²) in [5.74, 6) is -1.33. The van der Waals surface area contributed by atoms with E-state index >= 15 is 0 Å². The number of esters is 1. The Balaban J connectivity index is 1.92. The van der Waals surface area contributed by atoms with Gasteiger partial charge in [0.1, 0.15) is 0 Å². The first-order valence-corrected chi connectivity index (χ1v) is 7.39. The maximum absolute atomic E-state index is 11.9. The van der Waals surface area contributed by atoms with E-state index in [0.29, 0.717) is 21.8 Å². The summed E-state index contributed by atoms with van der Waals surface area (Å²) in [5.41, 5.74) is 1.11. The molecule has 2 amide bonds. The van der Waals surface area contributed by atoms with E-state index in [9.17, 15) is 14.4 Å². The van der Waals surface area contributed by atoms with Crippen LogP contribution in [0.5, 0.6) is 0 Å². The molecule has 0 saturated carbocycles. The maximum atomic E-state index is 11.9. The monoisotopic (exact) mass is 346 g/mol. The number of hydrogen-bond acceptors (Lipinski definition) is 4. The number of amides is 2. The molecule has 0 aromatic heterocycles. The van der Waals surface area contributed by atoms with Crippen molar-refractivity contribution in [2.24, 2.45) is 0 Å². The van der Waals surface area contributed by atoms with Gasteiger partial charge in [0.2, 0.25) is 5.91 Å². The minimum Gasteiger partial charge on any atom is -0.465 e. The van der Waals surface area contributed by atoms with E-state index in [1.165, 1.54) is 19.2 Å². The van der Waals surface area contributed by atoms with Gasteiger partial charge in [-0.3, -0.25) is 9.59 Å². The lowest BCUT2D eigenvalue weighted by Gasteiger charge is -2.08. The van der Waals surface area contributed by atoms with Crippen LogP contribution in [0.1, 0.15) is 20.7 Å². The number of halogens is 1. The van der Waals surface area contributed by atoms with Crippen molar-refractivity contribution in [3.05, 3.63) is 64.7 Å². The third-order valence-electron chi connectivity index (χ3n) is 3.06. The van der Waals surface area contributed by atoms with Gasteiger partial charge in [-0.25, -0.2) is 4.79 Å². The van der Waals surface area contributed by atoms with E-state index in [4.69, 9.17) is 11.6 Å². The lowest BCUT2D eigenvalue weighted by atomic mass is 10.2. The van der Waals surface area contributed by atoms with Crippen LogP contribution in [0.2, 0.25) is 5.02 Å². The number of rotatable bonds is 5. The Bertz CT molecular complexity index is 777. The fourth-order valence-corrected chi connectivity index (χ4v) is 2.13. The Labute approximate surface area is 143 Å². The van der Waals surface area contributed by atoms with Crippen molar-refractivity contribution in [2.45, 2.75) is 0 Å². The van der Waals surface area contributed by atoms with Gasteiger partial charge in [-0.05, 0) is 36.4 Å². The molecule has 0 atom stereocenters. The molecule has 2 rings (SSSR count). The van der Waals surface area contributed by atoms with Crippen molar-refractivity contribution in [3.8, 4) is 0 Å². The summed E-state index contributed by atoms with van der Waals surface area (Å²) < 4.78 is 4.61. The predicted molar refractivity (Wildman–Crippen MR) is 90.2 cm³/mol. The average Bonchev–Trinajstić information content (AvgIpc) is 2.59. The van der Waals surface area contributed by atoms with Crippen LogP contribution in [0, 0.1) is 0 Å². The minimum atomic E-state index is -0.500. The van der Waals surface area contributed by atoms with Crippen molar-refractivity contribution >= 4 is 35.1 Å². The molecule has 2 N–H and O–H groups in total. The van der Waals surface area contributed by atoms with E-state index in [2.05, 4.69) is 15.4 Å². The van der Waals surface area contributed by atoms with Gasteiger partial charge in [-0.15, -0.1) is 0 Å². The van der Waals surface area contributed by atoms with Crippen LogP contribution in [-0.4, -0.2) is 31.4 Å². The molecule has 2 aromatic rings. The SMILES string of the molecule is COC(=O)c1cccc(NC(=O)CNC(=O)c2cccc(Cl)c2)c1. The number of carbonyl (C=O) groups is 3. The Morgan fingerprint density at radius 3 is 2.46 bits per heavy atom. The fourth-order valence-electron chi connectivity index (χ4n) is 1.94. The summed E-state index contributed by atoms with van der Waals surface area (Å²) in [6.07, 6.45) is 0. The highest BCUT2D eigenvalue weighted by molar-refractivity contribution is 6.31. The second-order valence-corrected chi connectivity index (χ2v) is 5.25. The number of hydrogen-bond donors (Lipinski definition) is 2. The average molecular weight is 347 g/mol. The molecule has 24 heavy (non-hydrogen) atoms. The second-order valence-electron chi connectivity index (χ2n) is 4.81. The number of carbonyl (C=O) groups excluding carboxylic acids is 3. The topological polar surface area (TPSA) is 84.5 Å². The molecule has 0 spiro atoms. The molecule has 0 aliphatic carbocycles. The minimum absolute atomic E-state index is 0.214. The molecular weight excluding hydrogens is 332 g/mol. The van der Waals surface area contributed by atoms with Gasteiger partial charge in [0.25, 0.3) is 5.91 Å². The predicted octanol–water partition coefficient (Wildman–Crippen LogP) is 2.50. The van der Waals surface area contributed by atoms with Gasteiger partial charge in [0.05, 0.1) is 19.2 Å². The van der Waals surface area contributed by atoms with Crippen LogP contribution in [0.25, 0.3) is 0 Å². The number of nitrogens with one attached hydrogen (secondary N) is 2. The zero-order chi connectivity index (χ0) is 17.5. The summed E-state index contributed by atoms with van der Waals surface area (Å²) in [6, 6.07) is 12.7. The third kappa shape index (κ3) is 4.82. The van der Waals surface area contributed by atoms with Gasteiger partial charge in [-0.1, -0.05) is 23.7 Å². The molecular formula is C17H15ClN2O4. The number of benzene rings is 2. The Kier molecular flexibility index (Phi) is 5.92. The largest absolute Gasteiger partial charge is 0.465 e. The van der Waals surface area contributed by atoms with Gasteiger partial charge in [-0.2, -0.15) is 0 Å². The standard InChI is InChI=1S/C17H15ClN2O4/c1-24-17(23)12-5-3-7-14(9-12)20-15(21)10-19-16(22)11-4-2-6-13(18)8-11/h2-9H,10H2,1H3,(H,19,22)(H,20,21). The number of methoxy groups -OCH3 is 1. The molecule has 0 aliphatic heterocycles. The molecule has 6 nitrogen and oxygen atoms in total. The second kappa shape index (κ2) is 8.12. The molecule has 7 heteroatoms. The summed E-state index contributed by atoms with van der Waals surface area (Å²) in [6.45, 7) is -0.214. The van der Waals surface area contributed by atoms with Gasteiger partial charge in [0, 0.05) is 16.3 Å². The van der Waals surface area contributed by atoms with Crippen LogP contribution in [0.4, 0.5) is 5.69 Å². The quantitative estimate of drug-likeness (QED) is 0.815. The highest BCUT2D eigenvalue weighted by Crippen LogP contribution is 2.12. The highest BCUT2D eigenvalue weighted by atomic mass is 35.5. The van der Waals surface area contributed by atoms with Crippen LogP contribution in [0.3, 0.4) is 0 Å². The van der Waals surface area contributed by atoms with Crippen LogP contribution in [0.15, 0.2) is 48.5 Å². The Morgan fingerprint density at radius 1 is 1.04 bits per heavy atom. The molecule has 0 saturated heterocycles. The summed E-state index contributed by atoms with van der Waals surface area (Å²) in [5, 5.41) is 5.52. The van der Waals surface area contributed by atoms with Crippen LogP contribution in [-0.2, 0) is 9.53 Å². The van der Waals surface area contributed by atoms with Gasteiger partial charge in [0.15, 0.2) is 0 Å². The summed E-state index contributed by atoms with van der Waals surface area (Å²) >= 11 is 5.81. The van der Waals surface area contributed by atoms with Crippen molar-refractivity contribution in [3.63, 3.8) is 0 Å². The van der Waals surface area contributed by atoms with E-state index in [1.54, 1.807) is 36.4 Å². The van der Waals surface area contributed by atoms with E-state index in [-0.39, 0.29) is 6.54 Å². The third-order valence-corrected chi connectivity index (χ3v) is 3.30. The van der Waals surface area contributed by atoms with Gasteiger partial charge < -0.3 is 15.4 Å². The molecule has 0 aliphatic rings. The Morgan fingerprint density at radius 2 is 1.75 bits per heavy atom. The molecule has 2 aromatic carbocycles. The van der Waals surface area contributed by atoms with Crippen LogP contribution < -0.4 is 10.6 Å². The summed E-state index contributed by atoms with van der Waals surface area (Å²) in [7, 11) is 1.28. The van der Waals surface area contributed by atoms with Crippen molar-refractivity contribution in [1.82, 2.24) is 5.32 Å². The Hall–Kier alpha value is -2.86. The molecule has 0 heterocycles. The zero-order valence-corrected chi connectivity index (χ0v) is 13.6. The first-order valence-electron chi connectivity index (χ1n) is 7.01. The van der Waals surface area contributed by atoms with Gasteiger partial charge >= 0.3 is 5.97 Å². The first kappa shape index (κ1) is 17.5. The highest BCUT2D eigenvalue weighted by Gasteiger charge is 2.10. The first-order chi connectivity index (χ1) is 11.5. The van der Waals surface area contributed by atoms with E-state index < -0.39 is 17.8 Å². The lowest BCUT2D eigenvalue weighted by Crippen LogP contribution is -2.32. The smallest absolute Gasteiger partial charge is 0.337 e.